The largest absolute Gasteiger partial charge is 0.311 e. The van der Waals surface area contributed by atoms with E-state index in [1.54, 1.807) is 0 Å². The molecule has 0 spiro atoms. The molecule has 0 aromatic heterocycles. The maximum atomic E-state index is 12.5. The first-order valence-corrected chi connectivity index (χ1v) is 7.14. The van der Waals surface area contributed by atoms with Crippen molar-refractivity contribution in [3.8, 4) is 0 Å². The average Bonchev–Trinajstić information content (AvgIpc) is 2.78. The number of amides is 1. The van der Waals surface area contributed by atoms with Crippen LogP contribution in [0.5, 0.6) is 0 Å². The summed E-state index contributed by atoms with van der Waals surface area (Å²) in [6, 6.07) is 9.00. The van der Waals surface area contributed by atoms with Gasteiger partial charge in [-0.1, -0.05) is 18.2 Å². The third-order valence-corrected chi connectivity index (χ3v) is 3.83. The van der Waals surface area contributed by atoms with E-state index in [1.807, 2.05) is 17.0 Å². The number of rotatable bonds is 4. The van der Waals surface area contributed by atoms with Crippen molar-refractivity contribution in [1.82, 2.24) is 4.90 Å². The molecule has 2 rings (SSSR count). The number of fused-ring (bicyclic) bond motifs is 1. The number of carbonyl (C=O) groups excluding carboxylic acids is 1. The Morgan fingerprint density at radius 2 is 1.80 bits per heavy atom. The number of nitrogens with zero attached hydrogens (tertiary/aromatic N) is 2. The van der Waals surface area contributed by atoms with E-state index < -0.39 is 0 Å². The molecule has 0 bridgehead atoms. The first-order valence-electron chi connectivity index (χ1n) is 7.14. The van der Waals surface area contributed by atoms with Crippen LogP contribution in [0.25, 0.3) is 0 Å². The Bertz CT molecular complexity index is 452. The lowest BCUT2D eigenvalue weighted by atomic mass is 10.2. The van der Waals surface area contributed by atoms with Crippen molar-refractivity contribution >= 4 is 24.0 Å². The Morgan fingerprint density at radius 1 is 1.20 bits per heavy atom. The number of benzene rings is 1. The molecule has 20 heavy (non-hydrogen) atoms. The summed E-state index contributed by atoms with van der Waals surface area (Å²) in [6.45, 7) is 9.90. The molecule has 0 saturated carbocycles. The molecule has 0 saturated heterocycles. The fourth-order valence-electron chi connectivity index (χ4n) is 2.80. The Labute approximate surface area is 128 Å². The lowest BCUT2D eigenvalue weighted by Crippen LogP contribution is -2.45. The van der Waals surface area contributed by atoms with Gasteiger partial charge in [0, 0.05) is 24.3 Å². The lowest BCUT2D eigenvalue weighted by Gasteiger charge is -2.31. The molecule has 1 aliphatic rings. The molecule has 0 N–H and O–H groups in total. The second-order valence-electron chi connectivity index (χ2n) is 5.78. The molecule has 1 aromatic carbocycles. The first kappa shape index (κ1) is 17.0. The molecule has 1 amide bonds. The van der Waals surface area contributed by atoms with E-state index in [2.05, 4.69) is 44.7 Å². The van der Waals surface area contributed by atoms with Gasteiger partial charge in [-0.3, -0.25) is 9.69 Å². The van der Waals surface area contributed by atoms with Crippen LogP contribution in [0.4, 0.5) is 5.69 Å². The second-order valence-corrected chi connectivity index (χ2v) is 5.78. The molecule has 1 aliphatic heterocycles. The monoisotopic (exact) mass is 296 g/mol. The fraction of sp³-hybridized carbons (Fsp3) is 0.562. The van der Waals surface area contributed by atoms with E-state index in [-0.39, 0.29) is 18.3 Å². The Morgan fingerprint density at radius 3 is 2.40 bits per heavy atom. The van der Waals surface area contributed by atoms with E-state index in [1.165, 1.54) is 5.56 Å². The third-order valence-electron chi connectivity index (χ3n) is 3.83. The molecule has 4 heteroatoms. The number of para-hydroxylation sites is 1. The Kier molecular flexibility index (Phi) is 6.03. The van der Waals surface area contributed by atoms with Crippen molar-refractivity contribution in [3.63, 3.8) is 0 Å². The highest BCUT2D eigenvalue weighted by molar-refractivity contribution is 5.96. The molecule has 112 valence electrons. The highest BCUT2D eigenvalue weighted by atomic mass is 35.5. The summed E-state index contributed by atoms with van der Waals surface area (Å²) in [5.74, 6) is 0.215. The Balaban J connectivity index is 0.00000200. The maximum absolute atomic E-state index is 12.5. The molecule has 0 aliphatic carbocycles. The molecule has 3 nitrogen and oxygen atoms in total. The molecule has 0 atom stereocenters. The van der Waals surface area contributed by atoms with Crippen molar-refractivity contribution in [1.29, 1.82) is 0 Å². The molecule has 0 unspecified atom stereocenters. The summed E-state index contributed by atoms with van der Waals surface area (Å²) in [6.07, 6.45) is 0.977. The van der Waals surface area contributed by atoms with Crippen LogP contribution in [-0.2, 0) is 11.2 Å². The van der Waals surface area contributed by atoms with Crippen LogP contribution in [-0.4, -0.2) is 36.0 Å². The van der Waals surface area contributed by atoms with Crippen molar-refractivity contribution in [3.05, 3.63) is 29.8 Å². The second kappa shape index (κ2) is 7.09. The van der Waals surface area contributed by atoms with Crippen LogP contribution < -0.4 is 4.90 Å². The summed E-state index contributed by atoms with van der Waals surface area (Å²) >= 11 is 0. The van der Waals surface area contributed by atoms with Gasteiger partial charge in [0.2, 0.25) is 5.91 Å². The minimum absolute atomic E-state index is 0. The van der Waals surface area contributed by atoms with Crippen molar-refractivity contribution in [2.45, 2.75) is 46.2 Å². The summed E-state index contributed by atoms with van der Waals surface area (Å²) < 4.78 is 0. The summed E-state index contributed by atoms with van der Waals surface area (Å²) in [5, 5.41) is 0. The molecule has 1 aromatic rings. The normalized spacial score (nSPS) is 13.8. The Hall–Kier alpha value is -1.06. The standard InChI is InChI=1S/C16H24N2O.ClH/c1-12(2)18(13(3)4)11-16(19)17-10-9-14-7-5-6-8-15(14)17;/h5-8,12-13H,9-11H2,1-4H3;1H. The van der Waals surface area contributed by atoms with Crippen molar-refractivity contribution < 1.29 is 4.79 Å². The van der Waals surface area contributed by atoms with E-state index in [0.717, 1.165) is 18.7 Å². The van der Waals surface area contributed by atoms with Gasteiger partial charge in [0.15, 0.2) is 0 Å². The molecular weight excluding hydrogens is 272 g/mol. The van der Waals surface area contributed by atoms with E-state index in [4.69, 9.17) is 0 Å². The van der Waals surface area contributed by atoms with Gasteiger partial charge in [-0.15, -0.1) is 12.4 Å². The number of hydrogen-bond acceptors (Lipinski definition) is 2. The highest BCUT2D eigenvalue weighted by Crippen LogP contribution is 2.27. The average molecular weight is 297 g/mol. The van der Waals surface area contributed by atoms with Crippen LogP contribution >= 0.6 is 12.4 Å². The zero-order chi connectivity index (χ0) is 14.0. The van der Waals surface area contributed by atoms with Gasteiger partial charge >= 0.3 is 0 Å². The molecular formula is C16H25ClN2O. The lowest BCUT2D eigenvalue weighted by molar-refractivity contribution is -0.120. The van der Waals surface area contributed by atoms with Gasteiger partial charge in [0.25, 0.3) is 0 Å². The topological polar surface area (TPSA) is 23.6 Å². The first-order chi connectivity index (χ1) is 9.00. The van der Waals surface area contributed by atoms with Gasteiger partial charge in [-0.2, -0.15) is 0 Å². The van der Waals surface area contributed by atoms with Crippen LogP contribution in [0.1, 0.15) is 33.3 Å². The molecule has 0 radical (unpaired) electrons. The maximum Gasteiger partial charge on any atom is 0.241 e. The van der Waals surface area contributed by atoms with Gasteiger partial charge in [-0.25, -0.2) is 0 Å². The van der Waals surface area contributed by atoms with Crippen LogP contribution in [0.15, 0.2) is 24.3 Å². The number of hydrogen-bond donors (Lipinski definition) is 0. The summed E-state index contributed by atoms with van der Waals surface area (Å²) in [7, 11) is 0. The zero-order valence-electron chi connectivity index (χ0n) is 12.8. The zero-order valence-corrected chi connectivity index (χ0v) is 13.6. The SMILES string of the molecule is CC(C)N(CC(=O)N1CCc2ccccc21)C(C)C.Cl. The predicted octanol–water partition coefficient (Wildman–Crippen LogP) is 3.12. The summed E-state index contributed by atoms with van der Waals surface area (Å²) in [4.78, 5) is 16.7. The van der Waals surface area contributed by atoms with Gasteiger partial charge < -0.3 is 4.90 Å². The van der Waals surface area contributed by atoms with E-state index >= 15 is 0 Å². The minimum atomic E-state index is 0. The number of halogens is 1. The quantitative estimate of drug-likeness (QED) is 0.852. The summed E-state index contributed by atoms with van der Waals surface area (Å²) in [5.41, 5.74) is 2.39. The van der Waals surface area contributed by atoms with Crippen LogP contribution in [0, 0.1) is 0 Å². The number of carbonyl (C=O) groups is 1. The van der Waals surface area contributed by atoms with Crippen molar-refractivity contribution in [2.24, 2.45) is 0 Å². The highest BCUT2D eigenvalue weighted by Gasteiger charge is 2.26. The van der Waals surface area contributed by atoms with Gasteiger partial charge in [0.1, 0.15) is 0 Å². The number of anilines is 1. The molecule has 1 heterocycles. The van der Waals surface area contributed by atoms with Crippen molar-refractivity contribution in [2.75, 3.05) is 18.0 Å². The predicted molar refractivity (Wildman–Crippen MR) is 86.7 cm³/mol. The van der Waals surface area contributed by atoms with E-state index in [9.17, 15) is 4.79 Å². The fourth-order valence-corrected chi connectivity index (χ4v) is 2.80. The van der Waals surface area contributed by atoms with Crippen LogP contribution in [0.2, 0.25) is 0 Å². The molecule has 0 fully saturated rings. The van der Waals surface area contributed by atoms with Gasteiger partial charge in [-0.05, 0) is 45.7 Å². The minimum Gasteiger partial charge on any atom is -0.311 e. The van der Waals surface area contributed by atoms with Gasteiger partial charge in [0.05, 0.1) is 6.54 Å². The smallest absolute Gasteiger partial charge is 0.241 e. The van der Waals surface area contributed by atoms with Crippen LogP contribution in [0.3, 0.4) is 0 Å². The van der Waals surface area contributed by atoms with E-state index in [0.29, 0.717) is 18.6 Å². The third kappa shape index (κ3) is 3.53.